The summed E-state index contributed by atoms with van der Waals surface area (Å²) < 4.78 is 18.7. The minimum absolute atomic E-state index is 0.264. The summed E-state index contributed by atoms with van der Waals surface area (Å²) in [6.45, 7) is 1.81. The number of H-pyrrole nitrogens is 2. The molecule has 0 radical (unpaired) electrons. The van der Waals surface area contributed by atoms with E-state index >= 15 is 0 Å². The third kappa shape index (κ3) is 2.50. The Hall–Kier alpha value is -2.90. The standard InChI is InChI=1S/C14H14FN5O2/c1-7(9-5-8(15)3-4-11(9)22-2)17-14-18-12-10(6-16-20-12)13(21)19-14/h3-7H,1-2H3,(H3,16,17,18,19,20,21). The van der Waals surface area contributed by atoms with Gasteiger partial charge in [-0.25, -0.2) is 4.39 Å². The summed E-state index contributed by atoms with van der Waals surface area (Å²) in [4.78, 5) is 18.7. The minimum Gasteiger partial charge on any atom is -0.496 e. The van der Waals surface area contributed by atoms with E-state index in [0.29, 0.717) is 22.3 Å². The highest BCUT2D eigenvalue weighted by Crippen LogP contribution is 2.27. The van der Waals surface area contributed by atoms with E-state index in [1.54, 1.807) is 6.07 Å². The third-order valence-corrected chi connectivity index (χ3v) is 3.33. The lowest BCUT2D eigenvalue weighted by Gasteiger charge is -2.17. The van der Waals surface area contributed by atoms with Crippen LogP contribution in [0.25, 0.3) is 11.0 Å². The molecule has 114 valence electrons. The summed E-state index contributed by atoms with van der Waals surface area (Å²) >= 11 is 0. The summed E-state index contributed by atoms with van der Waals surface area (Å²) in [6.07, 6.45) is 1.41. The second-order valence-corrected chi connectivity index (χ2v) is 4.80. The highest BCUT2D eigenvalue weighted by atomic mass is 19.1. The molecule has 1 atom stereocenters. The van der Waals surface area contributed by atoms with Gasteiger partial charge in [0.2, 0.25) is 5.95 Å². The predicted octanol–water partition coefficient (Wildman–Crippen LogP) is 1.97. The van der Waals surface area contributed by atoms with Crippen LogP contribution in [0.5, 0.6) is 5.75 Å². The molecule has 0 aliphatic carbocycles. The molecule has 1 unspecified atom stereocenters. The van der Waals surface area contributed by atoms with Crippen molar-refractivity contribution in [2.75, 3.05) is 12.4 Å². The van der Waals surface area contributed by atoms with E-state index in [2.05, 4.69) is 25.5 Å². The van der Waals surface area contributed by atoms with Crippen LogP contribution in [0.1, 0.15) is 18.5 Å². The number of anilines is 1. The molecule has 0 aliphatic heterocycles. The van der Waals surface area contributed by atoms with Crippen LogP contribution in [0.4, 0.5) is 10.3 Å². The molecule has 0 aliphatic rings. The normalized spacial score (nSPS) is 12.3. The van der Waals surface area contributed by atoms with Crippen molar-refractivity contribution in [1.82, 2.24) is 20.2 Å². The SMILES string of the molecule is COc1ccc(F)cc1C(C)Nc1nc2[nH]ncc2c(=O)[nH]1. The average molecular weight is 303 g/mol. The number of halogens is 1. The lowest BCUT2D eigenvalue weighted by atomic mass is 10.1. The van der Waals surface area contributed by atoms with E-state index < -0.39 is 0 Å². The number of hydrogen-bond acceptors (Lipinski definition) is 5. The lowest BCUT2D eigenvalue weighted by Crippen LogP contribution is -2.16. The zero-order valence-electron chi connectivity index (χ0n) is 12.0. The van der Waals surface area contributed by atoms with Gasteiger partial charge in [-0.1, -0.05) is 0 Å². The maximum atomic E-state index is 13.4. The van der Waals surface area contributed by atoms with E-state index in [4.69, 9.17) is 4.74 Å². The Morgan fingerprint density at radius 1 is 1.41 bits per heavy atom. The van der Waals surface area contributed by atoms with Crippen LogP contribution in [0.2, 0.25) is 0 Å². The fourth-order valence-electron chi connectivity index (χ4n) is 2.24. The largest absolute Gasteiger partial charge is 0.496 e. The minimum atomic E-state index is -0.366. The van der Waals surface area contributed by atoms with Gasteiger partial charge in [0.15, 0.2) is 5.65 Å². The maximum absolute atomic E-state index is 13.4. The van der Waals surface area contributed by atoms with Gasteiger partial charge >= 0.3 is 0 Å². The molecule has 0 saturated heterocycles. The quantitative estimate of drug-likeness (QED) is 0.685. The molecule has 8 heteroatoms. The highest BCUT2D eigenvalue weighted by molar-refractivity contribution is 5.73. The fraction of sp³-hybridized carbons (Fsp3) is 0.214. The van der Waals surface area contributed by atoms with E-state index in [0.717, 1.165) is 0 Å². The van der Waals surface area contributed by atoms with Gasteiger partial charge in [0, 0.05) is 5.56 Å². The Morgan fingerprint density at radius 3 is 3.00 bits per heavy atom. The van der Waals surface area contributed by atoms with Crippen molar-refractivity contribution in [3.63, 3.8) is 0 Å². The number of fused-ring (bicyclic) bond motifs is 1. The molecule has 1 aromatic carbocycles. The Labute approximate surface area is 124 Å². The van der Waals surface area contributed by atoms with Crippen LogP contribution in [0, 0.1) is 5.82 Å². The molecule has 0 spiro atoms. The first-order chi connectivity index (χ1) is 10.6. The zero-order chi connectivity index (χ0) is 15.7. The molecule has 0 amide bonds. The number of aromatic amines is 2. The summed E-state index contributed by atoms with van der Waals surface area (Å²) in [5.41, 5.74) is 0.694. The van der Waals surface area contributed by atoms with Crippen molar-refractivity contribution >= 4 is 17.0 Å². The van der Waals surface area contributed by atoms with Crippen molar-refractivity contribution in [3.8, 4) is 5.75 Å². The highest BCUT2D eigenvalue weighted by Gasteiger charge is 2.14. The first-order valence-electron chi connectivity index (χ1n) is 6.62. The number of methoxy groups -OCH3 is 1. The topological polar surface area (TPSA) is 95.7 Å². The molecule has 0 saturated carbocycles. The molecule has 2 aromatic heterocycles. The number of nitrogens with zero attached hydrogens (tertiary/aromatic N) is 2. The molecule has 3 N–H and O–H groups in total. The number of hydrogen-bond donors (Lipinski definition) is 3. The molecule has 0 bridgehead atoms. The number of nitrogens with one attached hydrogen (secondary N) is 3. The van der Waals surface area contributed by atoms with Crippen molar-refractivity contribution in [3.05, 3.63) is 46.1 Å². The lowest BCUT2D eigenvalue weighted by molar-refractivity contribution is 0.406. The van der Waals surface area contributed by atoms with Gasteiger partial charge in [0.1, 0.15) is 17.0 Å². The smallest absolute Gasteiger partial charge is 0.263 e. The Balaban J connectivity index is 1.94. The number of benzene rings is 1. The second-order valence-electron chi connectivity index (χ2n) is 4.80. The molecule has 22 heavy (non-hydrogen) atoms. The van der Waals surface area contributed by atoms with Gasteiger partial charge in [-0.05, 0) is 25.1 Å². The van der Waals surface area contributed by atoms with Crippen LogP contribution < -0.4 is 15.6 Å². The molecular weight excluding hydrogens is 289 g/mol. The predicted molar refractivity (Wildman–Crippen MR) is 79.5 cm³/mol. The molecule has 3 aromatic rings. The van der Waals surface area contributed by atoms with Crippen LogP contribution in [-0.2, 0) is 0 Å². The van der Waals surface area contributed by atoms with Crippen molar-refractivity contribution in [1.29, 1.82) is 0 Å². The van der Waals surface area contributed by atoms with Gasteiger partial charge in [-0.2, -0.15) is 10.1 Å². The van der Waals surface area contributed by atoms with Crippen molar-refractivity contribution < 1.29 is 9.13 Å². The van der Waals surface area contributed by atoms with Crippen LogP contribution in [0.15, 0.2) is 29.2 Å². The van der Waals surface area contributed by atoms with Gasteiger partial charge in [0.25, 0.3) is 5.56 Å². The van der Waals surface area contributed by atoms with Crippen molar-refractivity contribution in [2.45, 2.75) is 13.0 Å². The molecule has 2 heterocycles. The van der Waals surface area contributed by atoms with Gasteiger partial charge < -0.3 is 10.1 Å². The summed E-state index contributed by atoms with van der Waals surface area (Å²) in [5, 5.41) is 9.81. The number of ether oxygens (including phenoxy) is 1. The second kappa shape index (κ2) is 5.47. The Morgan fingerprint density at radius 2 is 2.23 bits per heavy atom. The third-order valence-electron chi connectivity index (χ3n) is 3.33. The van der Waals surface area contributed by atoms with E-state index in [-0.39, 0.29) is 23.4 Å². The summed E-state index contributed by atoms with van der Waals surface area (Å²) in [5.74, 6) is 0.446. The van der Waals surface area contributed by atoms with Gasteiger partial charge in [-0.3, -0.25) is 14.9 Å². The summed E-state index contributed by atoms with van der Waals surface area (Å²) in [6, 6.07) is 3.93. The Bertz CT molecular complexity index is 873. The average Bonchev–Trinajstić information content (AvgIpc) is 2.96. The van der Waals surface area contributed by atoms with E-state index in [1.807, 2.05) is 6.92 Å². The number of aromatic nitrogens is 4. The Kier molecular flexibility index (Phi) is 3.50. The van der Waals surface area contributed by atoms with Gasteiger partial charge in [-0.15, -0.1) is 0 Å². The van der Waals surface area contributed by atoms with E-state index in [1.165, 1.54) is 25.4 Å². The van der Waals surface area contributed by atoms with E-state index in [9.17, 15) is 9.18 Å². The monoisotopic (exact) mass is 303 g/mol. The zero-order valence-corrected chi connectivity index (χ0v) is 12.0. The van der Waals surface area contributed by atoms with Gasteiger partial charge in [0.05, 0.1) is 19.3 Å². The molecule has 3 rings (SSSR count). The van der Waals surface area contributed by atoms with Crippen LogP contribution >= 0.6 is 0 Å². The molecular formula is C14H14FN5O2. The van der Waals surface area contributed by atoms with Crippen molar-refractivity contribution in [2.24, 2.45) is 0 Å². The molecule has 7 nitrogen and oxygen atoms in total. The first kappa shape index (κ1) is 14.1. The first-order valence-corrected chi connectivity index (χ1v) is 6.62. The summed E-state index contributed by atoms with van der Waals surface area (Å²) in [7, 11) is 1.51. The number of rotatable bonds is 4. The van der Waals surface area contributed by atoms with Crippen LogP contribution in [0.3, 0.4) is 0 Å². The maximum Gasteiger partial charge on any atom is 0.263 e. The fourth-order valence-corrected chi connectivity index (χ4v) is 2.24. The van der Waals surface area contributed by atoms with Crippen LogP contribution in [-0.4, -0.2) is 27.3 Å². The molecule has 0 fully saturated rings.